The van der Waals surface area contributed by atoms with Crippen molar-refractivity contribution in [3.63, 3.8) is 0 Å². The van der Waals surface area contributed by atoms with E-state index in [0.29, 0.717) is 6.04 Å². The van der Waals surface area contributed by atoms with Gasteiger partial charge in [-0.25, -0.2) is 0 Å². The molecule has 1 aromatic carbocycles. The number of hydrogen-bond acceptors (Lipinski definition) is 1. The summed E-state index contributed by atoms with van der Waals surface area (Å²) >= 11 is 3.46. The van der Waals surface area contributed by atoms with Crippen LogP contribution in [0.3, 0.4) is 0 Å². The standard InChI is InChI=1S/C14H20BrN/c1-3-5-6-7-14(16-4-2)12-8-10-13(15)11-9-12/h3,8-11,14,16H,1,4-7H2,2H3. The van der Waals surface area contributed by atoms with Crippen molar-refractivity contribution in [2.24, 2.45) is 0 Å². The highest BCUT2D eigenvalue weighted by molar-refractivity contribution is 9.10. The number of benzene rings is 1. The van der Waals surface area contributed by atoms with E-state index in [1.165, 1.54) is 18.4 Å². The van der Waals surface area contributed by atoms with E-state index < -0.39 is 0 Å². The zero-order valence-corrected chi connectivity index (χ0v) is 11.5. The zero-order chi connectivity index (χ0) is 11.8. The molecule has 1 rings (SSSR count). The molecule has 16 heavy (non-hydrogen) atoms. The number of rotatable bonds is 7. The highest BCUT2D eigenvalue weighted by Crippen LogP contribution is 2.21. The van der Waals surface area contributed by atoms with Crippen molar-refractivity contribution in [1.82, 2.24) is 5.32 Å². The van der Waals surface area contributed by atoms with Crippen molar-refractivity contribution in [2.75, 3.05) is 6.54 Å². The van der Waals surface area contributed by atoms with Crippen LogP contribution in [0.1, 0.15) is 37.8 Å². The first kappa shape index (κ1) is 13.5. The molecule has 0 aromatic heterocycles. The molecule has 0 aliphatic heterocycles. The molecule has 0 aliphatic carbocycles. The molecule has 0 saturated carbocycles. The predicted molar refractivity (Wildman–Crippen MR) is 74.6 cm³/mol. The molecule has 1 unspecified atom stereocenters. The lowest BCUT2D eigenvalue weighted by Gasteiger charge is -2.18. The van der Waals surface area contributed by atoms with E-state index in [1.54, 1.807) is 0 Å². The van der Waals surface area contributed by atoms with Gasteiger partial charge in [-0.15, -0.1) is 6.58 Å². The third-order valence-electron chi connectivity index (χ3n) is 2.62. The van der Waals surface area contributed by atoms with Crippen LogP contribution < -0.4 is 5.32 Å². The average Bonchev–Trinajstić information content (AvgIpc) is 2.29. The molecule has 1 atom stereocenters. The van der Waals surface area contributed by atoms with Gasteiger partial charge in [-0.05, 0) is 43.5 Å². The molecule has 0 bridgehead atoms. The van der Waals surface area contributed by atoms with Crippen molar-refractivity contribution < 1.29 is 0 Å². The van der Waals surface area contributed by atoms with Gasteiger partial charge in [0.2, 0.25) is 0 Å². The second kappa shape index (κ2) is 7.64. The van der Waals surface area contributed by atoms with Crippen LogP contribution in [0.25, 0.3) is 0 Å². The van der Waals surface area contributed by atoms with Crippen LogP contribution in [-0.4, -0.2) is 6.54 Å². The van der Waals surface area contributed by atoms with E-state index in [1.807, 2.05) is 6.08 Å². The lowest BCUT2D eigenvalue weighted by molar-refractivity contribution is 0.500. The first-order valence-electron chi connectivity index (χ1n) is 5.87. The normalized spacial score (nSPS) is 12.4. The molecular weight excluding hydrogens is 262 g/mol. The monoisotopic (exact) mass is 281 g/mol. The van der Waals surface area contributed by atoms with Crippen LogP contribution in [0.4, 0.5) is 0 Å². The van der Waals surface area contributed by atoms with Crippen molar-refractivity contribution in [3.8, 4) is 0 Å². The van der Waals surface area contributed by atoms with E-state index in [9.17, 15) is 0 Å². The summed E-state index contributed by atoms with van der Waals surface area (Å²) in [7, 11) is 0. The Balaban J connectivity index is 2.60. The maximum absolute atomic E-state index is 3.76. The van der Waals surface area contributed by atoms with Gasteiger partial charge in [0.25, 0.3) is 0 Å². The maximum atomic E-state index is 3.76. The molecule has 0 spiro atoms. The molecule has 1 nitrogen and oxygen atoms in total. The number of hydrogen-bond donors (Lipinski definition) is 1. The summed E-state index contributed by atoms with van der Waals surface area (Å²) in [6.07, 6.45) is 5.45. The zero-order valence-electron chi connectivity index (χ0n) is 9.88. The van der Waals surface area contributed by atoms with Crippen LogP contribution in [-0.2, 0) is 0 Å². The van der Waals surface area contributed by atoms with Crippen LogP contribution in [0, 0.1) is 0 Å². The Bertz CT molecular complexity index is 305. The van der Waals surface area contributed by atoms with Crippen LogP contribution in [0.2, 0.25) is 0 Å². The van der Waals surface area contributed by atoms with E-state index in [0.717, 1.165) is 17.4 Å². The minimum Gasteiger partial charge on any atom is -0.310 e. The first-order valence-corrected chi connectivity index (χ1v) is 6.67. The largest absolute Gasteiger partial charge is 0.310 e. The minimum atomic E-state index is 0.470. The SMILES string of the molecule is C=CCCCC(NCC)c1ccc(Br)cc1. The van der Waals surface area contributed by atoms with Crippen LogP contribution in [0.15, 0.2) is 41.4 Å². The molecule has 0 radical (unpaired) electrons. The molecule has 0 aliphatic rings. The van der Waals surface area contributed by atoms with Crippen LogP contribution in [0.5, 0.6) is 0 Å². The average molecular weight is 282 g/mol. The van der Waals surface area contributed by atoms with E-state index in [4.69, 9.17) is 0 Å². The summed E-state index contributed by atoms with van der Waals surface area (Å²) in [6, 6.07) is 9.05. The molecule has 1 N–H and O–H groups in total. The molecule has 0 amide bonds. The summed E-state index contributed by atoms with van der Waals surface area (Å²) in [5.41, 5.74) is 1.37. The van der Waals surface area contributed by atoms with Gasteiger partial charge in [0.15, 0.2) is 0 Å². The van der Waals surface area contributed by atoms with Gasteiger partial charge in [0.1, 0.15) is 0 Å². The smallest absolute Gasteiger partial charge is 0.0320 e. The van der Waals surface area contributed by atoms with E-state index in [-0.39, 0.29) is 0 Å². The van der Waals surface area contributed by atoms with Crippen molar-refractivity contribution in [2.45, 2.75) is 32.2 Å². The molecule has 0 heterocycles. The van der Waals surface area contributed by atoms with Gasteiger partial charge in [-0.3, -0.25) is 0 Å². The maximum Gasteiger partial charge on any atom is 0.0320 e. The Labute approximate surface area is 107 Å². The van der Waals surface area contributed by atoms with Gasteiger partial charge >= 0.3 is 0 Å². The molecular formula is C14H20BrN. The van der Waals surface area contributed by atoms with E-state index in [2.05, 4.69) is 59.0 Å². The second-order valence-corrected chi connectivity index (χ2v) is 4.80. The van der Waals surface area contributed by atoms with Crippen molar-refractivity contribution >= 4 is 15.9 Å². The Hall–Kier alpha value is -0.600. The third-order valence-corrected chi connectivity index (χ3v) is 3.15. The number of unbranched alkanes of at least 4 members (excludes halogenated alkanes) is 1. The first-order chi connectivity index (χ1) is 7.77. The van der Waals surface area contributed by atoms with Crippen molar-refractivity contribution in [1.29, 1.82) is 0 Å². The summed E-state index contributed by atoms with van der Waals surface area (Å²) in [5, 5.41) is 3.53. The van der Waals surface area contributed by atoms with Gasteiger partial charge in [-0.1, -0.05) is 41.1 Å². The molecule has 0 fully saturated rings. The summed E-state index contributed by atoms with van der Waals surface area (Å²) in [5.74, 6) is 0. The van der Waals surface area contributed by atoms with Crippen molar-refractivity contribution in [3.05, 3.63) is 47.0 Å². The Morgan fingerprint density at radius 3 is 2.62 bits per heavy atom. The quantitative estimate of drug-likeness (QED) is 0.575. The second-order valence-electron chi connectivity index (χ2n) is 3.88. The lowest BCUT2D eigenvalue weighted by Crippen LogP contribution is -2.20. The Morgan fingerprint density at radius 2 is 2.06 bits per heavy atom. The fourth-order valence-electron chi connectivity index (χ4n) is 1.79. The van der Waals surface area contributed by atoms with Gasteiger partial charge in [0.05, 0.1) is 0 Å². The Morgan fingerprint density at radius 1 is 1.38 bits per heavy atom. The number of nitrogens with one attached hydrogen (secondary N) is 1. The topological polar surface area (TPSA) is 12.0 Å². The fraction of sp³-hybridized carbons (Fsp3) is 0.429. The summed E-state index contributed by atoms with van der Waals surface area (Å²) < 4.78 is 1.14. The highest BCUT2D eigenvalue weighted by Gasteiger charge is 2.08. The molecule has 88 valence electrons. The van der Waals surface area contributed by atoms with Gasteiger partial charge in [0, 0.05) is 10.5 Å². The Kier molecular flexibility index (Phi) is 6.43. The summed E-state index contributed by atoms with van der Waals surface area (Å²) in [6.45, 7) is 6.92. The van der Waals surface area contributed by atoms with Crippen LogP contribution >= 0.6 is 15.9 Å². The highest BCUT2D eigenvalue weighted by atomic mass is 79.9. The molecule has 1 aromatic rings. The third kappa shape index (κ3) is 4.50. The predicted octanol–water partition coefficient (Wildman–Crippen LogP) is 4.46. The minimum absolute atomic E-state index is 0.470. The van der Waals surface area contributed by atoms with E-state index >= 15 is 0 Å². The van der Waals surface area contributed by atoms with Gasteiger partial charge < -0.3 is 5.32 Å². The number of halogens is 1. The van der Waals surface area contributed by atoms with Gasteiger partial charge in [-0.2, -0.15) is 0 Å². The lowest BCUT2D eigenvalue weighted by atomic mass is 10.0. The molecule has 2 heteroatoms. The summed E-state index contributed by atoms with van der Waals surface area (Å²) in [4.78, 5) is 0. The number of allylic oxidation sites excluding steroid dienone is 1. The fourth-order valence-corrected chi connectivity index (χ4v) is 2.06. The molecule has 0 saturated heterocycles.